The lowest BCUT2D eigenvalue weighted by molar-refractivity contribution is 0.0463. The van der Waals surface area contributed by atoms with Crippen molar-refractivity contribution in [3.05, 3.63) is 103 Å². The largest absolute Gasteiger partial charge is 0.451 e. The van der Waals surface area contributed by atoms with Crippen LogP contribution in [-0.2, 0) is 4.74 Å². The summed E-state index contributed by atoms with van der Waals surface area (Å²) < 4.78 is 6.85. The number of nitrogens with one attached hydrogen (secondary N) is 1. The number of carbonyl (C=O) groups is 2. The van der Waals surface area contributed by atoms with Gasteiger partial charge in [0.15, 0.2) is 12.4 Å². The van der Waals surface area contributed by atoms with Crippen LogP contribution in [0.4, 0.5) is 0 Å². The SMILES string of the molecule is O=C(OCC(=O)c1c[nH]c2ccccc12)c1nc(-c2ccccc2)n(-c2ccccc2)n1. The third-order valence-corrected chi connectivity index (χ3v) is 5.05. The van der Waals surface area contributed by atoms with Gasteiger partial charge in [-0.3, -0.25) is 4.79 Å². The molecule has 5 aromatic rings. The summed E-state index contributed by atoms with van der Waals surface area (Å²) in [6.07, 6.45) is 1.62. The number of rotatable bonds is 6. The molecule has 0 spiro atoms. The Hall–Kier alpha value is -4.52. The van der Waals surface area contributed by atoms with Crippen LogP contribution < -0.4 is 0 Å². The second kappa shape index (κ2) is 8.31. The molecule has 3 aromatic carbocycles. The zero-order valence-corrected chi connectivity index (χ0v) is 16.9. The minimum Gasteiger partial charge on any atom is -0.451 e. The number of H-pyrrole nitrogens is 1. The van der Waals surface area contributed by atoms with Gasteiger partial charge in [-0.15, -0.1) is 5.10 Å². The van der Waals surface area contributed by atoms with Crippen molar-refractivity contribution in [3.8, 4) is 17.1 Å². The predicted molar refractivity (Wildman–Crippen MR) is 120 cm³/mol. The number of carbonyl (C=O) groups excluding carboxylic acids is 2. The van der Waals surface area contributed by atoms with Gasteiger partial charge in [0, 0.05) is 28.2 Å². The van der Waals surface area contributed by atoms with E-state index in [0.717, 1.165) is 22.2 Å². The van der Waals surface area contributed by atoms with Crippen molar-refractivity contribution in [3.63, 3.8) is 0 Å². The molecule has 0 aliphatic heterocycles. The number of ketones is 1. The standard InChI is InChI=1S/C25H18N4O3/c30-22(20-15-26-21-14-8-7-13-19(20)21)16-32-25(31)23-27-24(17-9-3-1-4-10-17)29(28-23)18-11-5-2-6-12-18/h1-15,26H,16H2. The molecule has 0 bridgehead atoms. The third-order valence-electron chi connectivity index (χ3n) is 5.05. The van der Waals surface area contributed by atoms with Crippen molar-refractivity contribution < 1.29 is 14.3 Å². The molecule has 0 unspecified atom stereocenters. The van der Waals surface area contributed by atoms with Crippen LogP contribution in [0.25, 0.3) is 28.0 Å². The number of para-hydroxylation sites is 2. The highest BCUT2D eigenvalue weighted by Gasteiger charge is 2.21. The summed E-state index contributed by atoms with van der Waals surface area (Å²) in [5.41, 5.74) is 2.88. The van der Waals surface area contributed by atoms with Crippen LogP contribution in [0.15, 0.2) is 91.1 Å². The highest BCUT2D eigenvalue weighted by atomic mass is 16.5. The van der Waals surface area contributed by atoms with Gasteiger partial charge in [-0.25, -0.2) is 14.5 Å². The minimum absolute atomic E-state index is 0.112. The van der Waals surface area contributed by atoms with Crippen LogP contribution in [0.2, 0.25) is 0 Å². The zero-order chi connectivity index (χ0) is 21.9. The van der Waals surface area contributed by atoms with Gasteiger partial charge < -0.3 is 9.72 Å². The van der Waals surface area contributed by atoms with Gasteiger partial charge in [0.2, 0.25) is 5.78 Å². The highest BCUT2D eigenvalue weighted by molar-refractivity contribution is 6.09. The van der Waals surface area contributed by atoms with E-state index >= 15 is 0 Å². The van der Waals surface area contributed by atoms with Gasteiger partial charge in [-0.1, -0.05) is 66.7 Å². The van der Waals surface area contributed by atoms with Crippen molar-refractivity contribution in [1.29, 1.82) is 0 Å². The van der Waals surface area contributed by atoms with Crippen LogP contribution in [0.5, 0.6) is 0 Å². The van der Waals surface area contributed by atoms with Crippen molar-refractivity contribution in [2.24, 2.45) is 0 Å². The van der Waals surface area contributed by atoms with Gasteiger partial charge in [-0.05, 0) is 18.2 Å². The summed E-state index contributed by atoms with van der Waals surface area (Å²) >= 11 is 0. The molecule has 7 heteroatoms. The Morgan fingerprint density at radius 3 is 2.34 bits per heavy atom. The molecule has 0 fully saturated rings. The van der Waals surface area contributed by atoms with Crippen LogP contribution in [0.3, 0.4) is 0 Å². The topological polar surface area (TPSA) is 89.9 Å². The van der Waals surface area contributed by atoms with Crippen LogP contribution in [0, 0.1) is 0 Å². The lowest BCUT2D eigenvalue weighted by Crippen LogP contribution is -2.15. The maximum absolute atomic E-state index is 12.7. The molecule has 2 aromatic heterocycles. The first-order valence-corrected chi connectivity index (χ1v) is 10.0. The Balaban J connectivity index is 1.40. The molecule has 1 N–H and O–H groups in total. The Kier molecular flexibility index (Phi) is 5.05. The van der Waals surface area contributed by atoms with Gasteiger partial charge in [0.05, 0.1) is 5.69 Å². The molecule has 0 saturated carbocycles. The van der Waals surface area contributed by atoms with E-state index < -0.39 is 12.6 Å². The number of benzene rings is 3. The molecule has 0 radical (unpaired) electrons. The Bertz CT molecular complexity index is 1350. The summed E-state index contributed by atoms with van der Waals surface area (Å²) in [6.45, 7) is -0.402. The first-order valence-electron chi connectivity index (χ1n) is 10.0. The molecule has 0 aliphatic carbocycles. The highest BCUT2D eigenvalue weighted by Crippen LogP contribution is 2.22. The van der Waals surface area contributed by atoms with E-state index in [0.29, 0.717) is 11.4 Å². The number of nitrogens with zero attached hydrogens (tertiary/aromatic N) is 3. The third kappa shape index (κ3) is 3.67. The van der Waals surface area contributed by atoms with Crippen molar-refractivity contribution in [2.75, 3.05) is 6.61 Å². The fourth-order valence-electron chi connectivity index (χ4n) is 3.50. The van der Waals surface area contributed by atoms with Gasteiger partial charge in [0.1, 0.15) is 0 Å². The van der Waals surface area contributed by atoms with E-state index in [1.807, 2.05) is 84.9 Å². The number of hydrogen-bond donors (Lipinski definition) is 1. The number of hydrogen-bond acceptors (Lipinski definition) is 5. The van der Waals surface area contributed by atoms with E-state index in [1.165, 1.54) is 0 Å². The number of aromatic amines is 1. The minimum atomic E-state index is -0.759. The van der Waals surface area contributed by atoms with E-state index in [2.05, 4.69) is 15.1 Å². The fourth-order valence-corrected chi connectivity index (χ4v) is 3.50. The zero-order valence-electron chi connectivity index (χ0n) is 16.9. The van der Waals surface area contributed by atoms with E-state index in [4.69, 9.17) is 4.74 Å². The summed E-state index contributed by atoms with van der Waals surface area (Å²) in [7, 11) is 0. The molecule has 32 heavy (non-hydrogen) atoms. The fraction of sp³-hybridized carbons (Fsp3) is 0.0400. The van der Waals surface area contributed by atoms with Crippen molar-refractivity contribution in [1.82, 2.24) is 19.7 Å². The molecular weight excluding hydrogens is 404 g/mol. The second-order valence-corrected chi connectivity index (χ2v) is 7.12. The molecular formula is C25H18N4O3. The summed E-state index contributed by atoms with van der Waals surface area (Å²) in [4.78, 5) is 32.8. The van der Waals surface area contributed by atoms with Gasteiger partial charge in [0.25, 0.3) is 5.82 Å². The average Bonchev–Trinajstić information content (AvgIpc) is 3.49. The van der Waals surface area contributed by atoms with Crippen LogP contribution in [-0.4, -0.2) is 38.1 Å². The maximum atomic E-state index is 12.7. The molecule has 0 saturated heterocycles. The summed E-state index contributed by atoms with van der Waals surface area (Å²) in [5.74, 6) is -0.669. The van der Waals surface area contributed by atoms with Crippen molar-refractivity contribution >= 4 is 22.7 Å². The number of esters is 1. The average molecular weight is 422 g/mol. The first kappa shape index (κ1) is 19.4. The molecule has 156 valence electrons. The first-order chi connectivity index (χ1) is 15.7. The quantitative estimate of drug-likeness (QED) is 0.322. The smallest absolute Gasteiger partial charge is 0.378 e. The van der Waals surface area contributed by atoms with E-state index in [1.54, 1.807) is 10.9 Å². The Morgan fingerprint density at radius 2 is 1.56 bits per heavy atom. The molecule has 5 rings (SSSR count). The van der Waals surface area contributed by atoms with Crippen LogP contribution >= 0.6 is 0 Å². The number of aromatic nitrogens is 4. The molecule has 0 amide bonds. The van der Waals surface area contributed by atoms with Gasteiger partial charge in [-0.2, -0.15) is 0 Å². The Morgan fingerprint density at radius 1 is 0.875 bits per heavy atom. The molecule has 2 heterocycles. The van der Waals surface area contributed by atoms with Crippen LogP contribution in [0.1, 0.15) is 21.0 Å². The lowest BCUT2D eigenvalue weighted by Gasteiger charge is -2.05. The lowest BCUT2D eigenvalue weighted by atomic mass is 10.1. The Labute approximate surface area is 183 Å². The normalized spacial score (nSPS) is 10.9. The summed E-state index contributed by atoms with van der Waals surface area (Å²) in [5, 5.41) is 5.14. The second-order valence-electron chi connectivity index (χ2n) is 7.12. The number of Topliss-reactive ketones (excluding diaryl/α,β-unsaturated/α-hetero) is 1. The van der Waals surface area contributed by atoms with E-state index in [-0.39, 0.29) is 11.6 Å². The predicted octanol–water partition coefficient (Wildman–Crippen LogP) is 4.46. The molecule has 0 aliphatic rings. The van der Waals surface area contributed by atoms with Gasteiger partial charge >= 0.3 is 5.97 Å². The van der Waals surface area contributed by atoms with E-state index in [9.17, 15) is 9.59 Å². The summed E-state index contributed by atoms with van der Waals surface area (Å²) in [6, 6.07) is 26.3. The maximum Gasteiger partial charge on any atom is 0.378 e. The number of fused-ring (bicyclic) bond motifs is 1. The number of ether oxygens (including phenoxy) is 1. The molecule has 7 nitrogen and oxygen atoms in total. The van der Waals surface area contributed by atoms with Crippen molar-refractivity contribution in [2.45, 2.75) is 0 Å². The molecule has 0 atom stereocenters. The monoisotopic (exact) mass is 422 g/mol.